The lowest BCUT2D eigenvalue weighted by molar-refractivity contribution is 0.977. The van der Waals surface area contributed by atoms with Crippen LogP contribution in [-0.4, -0.2) is 9.97 Å². The van der Waals surface area contributed by atoms with Gasteiger partial charge in [-0.05, 0) is 25.3 Å². The zero-order chi connectivity index (χ0) is 12.4. The zero-order valence-electron chi connectivity index (χ0n) is 10.6. The Labute approximate surface area is 107 Å². The summed E-state index contributed by atoms with van der Waals surface area (Å²) >= 11 is 0. The summed E-state index contributed by atoms with van der Waals surface area (Å²) < 4.78 is 0. The minimum atomic E-state index is 0.674. The van der Waals surface area contributed by atoms with Crippen LogP contribution in [0.5, 0.6) is 0 Å². The van der Waals surface area contributed by atoms with Gasteiger partial charge in [0.2, 0.25) is 0 Å². The summed E-state index contributed by atoms with van der Waals surface area (Å²) in [5.41, 5.74) is 3.74. The first-order valence-electron chi connectivity index (χ1n) is 6.42. The lowest BCUT2D eigenvalue weighted by Gasteiger charge is -2.07. The summed E-state index contributed by atoms with van der Waals surface area (Å²) in [6, 6.07) is 10.6. The molecular weight excluding hydrogens is 222 g/mol. The highest BCUT2D eigenvalue weighted by Crippen LogP contribution is 2.39. The van der Waals surface area contributed by atoms with Gasteiger partial charge >= 0.3 is 0 Å². The number of rotatable bonds is 4. The van der Waals surface area contributed by atoms with Gasteiger partial charge in [-0.2, -0.15) is 0 Å². The third kappa shape index (κ3) is 2.67. The van der Waals surface area contributed by atoms with E-state index in [0.717, 1.165) is 12.4 Å². The highest BCUT2D eigenvalue weighted by Gasteiger charge is 2.25. The largest absolute Gasteiger partial charge is 0.366 e. The Morgan fingerprint density at radius 1 is 1.17 bits per heavy atom. The fourth-order valence-electron chi connectivity index (χ4n) is 1.97. The maximum atomic E-state index is 4.32. The fraction of sp³-hybridized carbons (Fsp3) is 0.333. The monoisotopic (exact) mass is 239 g/mol. The van der Waals surface area contributed by atoms with Crippen molar-refractivity contribution in [3.05, 3.63) is 53.5 Å². The molecule has 0 unspecified atom stereocenters. The Kier molecular flexibility index (Phi) is 2.97. The normalized spacial score (nSPS) is 14.5. The lowest BCUT2D eigenvalue weighted by Crippen LogP contribution is -2.02. The molecule has 0 bridgehead atoms. The first kappa shape index (κ1) is 11.2. The van der Waals surface area contributed by atoms with Crippen LogP contribution in [0.2, 0.25) is 0 Å². The molecule has 0 radical (unpaired) electrons. The van der Waals surface area contributed by atoms with Gasteiger partial charge in [-0.3, -0.25) is 0 Å². The molecule has 1 saturated carbocycles. The van der Waals surface area contributed by atoms with Gasteiger partial charge in [0.1, 0.15) is 12.1 Å². The van der Waals surface area contributed by atoms with E-state index in [4.69, 9.17) is 0 Å². The predicted octanol–water partition coefficient (Wildman–Crippen LogP) is 3.27. The predicted molar refractivity (Wildman–Crippen MR) is 72.5 cm³/mol. The van der Waals surface area contributed by atoms with Gasteiger partial charge in [0.05, 0.1) is 0 Å². The van der Waals surface area contributed by atoms with E-state index in [1.165, 1.54) is 29.7 Å². The van der Waals surface area contributed by atoms with E-state index in [1.54, 1.807) is 6.33 Å². The Balaban J connectivity index is 1.65. The fourth-order valence-corrected chi connectivity index (χ4v) is 1.97. The molecule has 1 aliphatic rings. The topological polar surface area (TPSA) is 37.8 Å². The van der Waals surface area contributed by atoms with Crippen LogP contribution in [0.1, 0.15) is 35.6 Å². The van der Waals surface area contributed by atoms with Crippen molar-refractivity contribution in [1.29, 1.82) is 0 Å². The van der Waals surface area contributed by atoms with E-state index >= 15 is 0 Å². The van der Waals surface area contributed by atoms with Crippen molar-refractivity contribution in [3.8, 4) is 0 Å². The molecule has 0 atom stereocenters. The van der Waals surface area contributed by atoms with Crippen LogP contribution in [0.4, 0.5) is 5.82 Å². The van der Waals surface area contributed by atoms with Crippen LogP contribution < -0.4 is 5.32 Å². The second kappa shape index (κ2) is 4.77. The summed E-state index contributed by atoms with van der Waals surface area (Å²) in [4.78, 5) is 8.58. The van der Waals surface area contributed by atoms with Gasteiger partial charge in [0.15, 0.2) is 0 Å². The van der Waals surface area contributed by atoms with E-state index in [9.17, 15) is 0 Å². The van der Waals surface area contributed by atoms with Crippen LogP contribution >= 0.6 is 0 Å². The Bertz CT molecular complexity index is 530. The van der Waals surface area contributed by atoms with Gasteiger partial charge in [0.25, 0.3) is 0 Å². The number of nitrogens with one attached hydrogen (secondary N) is 1. The summed E-state index contributed by atoms with van der Waals surface area (Å²) in [5, 5.41) is 3.35. The van der Waals surface area contributed by atoms with Gasteiger partial charge < -0.3 is 5.32 Å². The van der Waals surface area contributed by atoms with Crippen LogP contribution in [0.3, 0.4) is 0 Å². The Morgan fingerprint density at radius 3 is 2.67 bits per heavy atom. The van der Waals surface area contributed by atoms with Crippen molar-refractivity contribution in [1.82, 2.24) is 9.97 Å². The zero-order valence-corrected chi connectivity index (χ0v) is 10.6. The SMILES string of the molecule is Cc1ccc(CNc2cc(C3CC3)ncn2)cc1. The molecule has 0 saturated heterocycles. The first-order valence-corrected chi connectivity index (χ1v) is 6.42. The molecule has 2 aromatic rings. The molecule has 1 fully saturated rings. The summed E-state index contributed by atoms with van der Waals surface area (Å²) in [7, 11) is 0. The molecule has 0 amide bonds. The van der Waals surface area contributed by atoms with Crippen molar-refractivity contribution < 1.29 is 0 Å². The molecule has 1 heterocycles. The van der Waals surface area contributed by atoms with Gasteiger partial charge in [-0.1, -0.05) is 29.8 Å². The molecular formula is C15H17N3. The van der Waals surface area contributed by atoms with E-state index in [-0.39, 0.29) is 0 Å². The van der Waals surface area contributed by atoms with Gasteiger partial charge in [-0.15, -0.1) is 0 Å². The molecule has 1 aromatic heterocycles. The van der Waals surface area contributed by atoms with Crippen molar-refractivity contribution >= 4 is 5.82 Å². The number of nitrogens with zero attached hydrogens (tertiary/aromatic N) is 2. The van der Waals surface area contributed by atoms with Crippen molar-refractivity contribution in [2.45, 2.75) is 32.2 Å². The second-order valence-corrected chi connectivity index (χ2v) is 4.94. The number of aryl methyl sites for hydroxylation is 1. The Morgan fingerprint density at radius 2 is 1.94 bits per heavy atom. The minimum absolute atomic E-state index is 0.674. The summed E-state index contributed by atoms with van der Waals surface area (Å²) in [5.74, 6) is 1.60. The van der Waals surface area contributed by atoms with Crippen LogP contribution in [0.25, 0.3) is 0 Å². The van der Waals surface area contributed by atoms with E-state index in [2.05, 4.69) is 52.5 Å². The molecule has 0 spiro atoms. The number of hydrogen-bond acceptors (Lipinski definition) is 3. The standard InChI is InChI=1S/C15H17N3/c1-11-2-4-12(5-3-11)9-16-15-8-14(13-6-7-13)17-10-18-15/h2-5,8,10,13H,6-7,9H2,1H3,(H,16,17,18). The van der Waals surface area contributed by atoms with Gasteiger partial charge in [0, 0.05) is 24.2 Å². The molecule has 3 nitrogen and oxygen atoms in total. The first-order chi connectivity index (χ1) is 8.81. The number of hydrogen-bond donors (Lipinski definition) is 1. The highest BCUT2D eigenvalue weighted by molar-refractivity contribution is 5.38. The molecule has 92 valence electrons. The second-order valence-electron chi connectivity index (χ2n) is 4.94. The molecule has 1 aliphatic carbocycles. The maximum absolute atomic E-state index is 4.32. The molecule has 3 rings (SSSR count). The number of aromatic nitrogens is 2. The molecule has 0 aliphatic heterocycles. The van der Waals surface area contributed by atoms with Crippen molar-refractivity contribution in [2.24, 2.45) is 0 Å². The molecule has 1 N–H and O–H groups in total. The van der Waals surface area contributed by atoms with E-state index in [1.807, 2.05) is 0 Å². The molecule has 1 aromatic carbocycles. The van der Waals surface area contributed by atoms with Crippen LogP contribution in [0.15, 0.2) is 36.7 Å². The average Bonchev–Trinajstić information content (AvgIpc) is 3.23. The maximum Gasteiger partial charge on any atom is 0.129 e. The lowest BCUT2D eigenvalue weighted by atomic mass is 10.1. The summed E-state index contributed by atoms with van der Waals surface area (Å²) in [6.07, 6.45) is 4.20. The van der Waals surface area contributed by atoms with E-state index < -0.39 is 0 Å². The van der Waals surface area contributed by atoms with Crippen LogP contribution in [-0.2, 0) is 6.54 Å². The third-order valence-electron chi connectivity index (χ3n) is 3.28. The highest BCUT2D eigenvalue weighted by atomic mass is 15.0. The molecule has 3 heteroatoms. The van der Waals surface area contributed by atoms with Gasteiger partial charge in [-0.25, -0.2) is 9.97 Å². The summed E-state index contributed by atoms with van der Waals surface area (Å²) in [6.45, 7) is 2.91. The smallest absolute Gasteiger partial charge is 0.129 e. The van der Waals surface area contributed by atoms with Crippen LogP contribution in [0, 0.1) is 6.92 Å². The quantitative estimate of drug-likeness (QED) is 0.889. The average molecular weight is 239 g/mol. The molecule has 18 heavy (non-hydrogen) atoms. The van der Waals surface area contributed by atoms with E-state index in [0.29, 0.717) is 5.92 Å². The minimum Gasteiger partial charge on any atom is -0.366 e. The van der Waals surface area contributed by atoms with Crippen molar-refractivity contribution in [2.75, 3.05) is 5.32 Å². The Hall–Kier alpha value is -1.90. The number of anilines is 1. The van der Waals surface area contributed by atoms with Crippen molar-refractivity contribution in [3.63, 3.8) is 0 Å². The third-order valence-corrected chi connectivity index (χ3v) is 3.28. The number of benzene rings is 1.